The van der Waals surface area contributed by atoms with Crippen LogP contribution in [0.25, 0.3) is 0 Å². The lowest BCUT2D eigenvalue weighted by Crippen LogP contribution is -2.42. The summed E-state index contributed by atoms with van der Waals surface area (Å²) in [5.41, 5.74) is -0.495. The lowest BCUT2D eigenvalue weighted by Gasteiger charge is -2.19. The third-order valence-electron chi connectivity index (χ3n) is 3.91. The number of carbonyl (C=O) groups is 1. The van der Waals surface area contributed by atoms with Gasteiger partial charge in [-0.15, -0.1) is 10.2 Å². The van der Waals surface area contributed by atoms with Crippen molar-refractivity contribution in [1.29, 1.82) is 0 Å². The summed E-state index contributed by atoms with van der Waals surface area (Å²) in [5, 5.41) is 17.7. The molecular formula is C17H31N7O2. The van der Waals surface area contributed by atoms with Crippen molar-refractivity contribution in [2.75, 3.05) is 20.1 Å². The Morgan fingerprint density at radius 3 is 2.65 bits per heavy atom. The molecular weight excluding hydrogens is 334 g/mol. The molecule has 146 valence electrons. The Balaban J connectivity index is 1.72. The Bertz CT molecular complexity index is 619. The number of alkyl carbamates (subject to hydrolysis) is 1. The summed E-state index contributed by atoms with van der Waals surface area (Å²) in [6.07, 6.45) is 4.16. The Labute approximate surface area is 155 Å². The van der Waals surface area contributed by atoms with Crippen LogP contribution in [0, 0.1) is 0 Å². The average Bonchev–Trinajstić information content (AvgIpc) is 2.79. The van der Waals surface area contributed by atoms with Gasteiger partial charge >= 0.3 is 6.09 Å². The number of nitrogens with zero attached hydrogens (tertiary/aromatic N) is 4. The minimum atomic E-state index is -0.495. The highest BCUT2D eigenvalue weighted by Crippen LogP contribution is 2.14. The predicted molar refractivity (Wildman–Crippen MR) is 100 cm³/mol. The van der Waals surface area contributed by atoms with E-state index in [1.165, 1.54) is 19.3 Å². The smallest absolute Gasteiger partial charge is 0.407 e. The zero-order valence-electron chi connectivity index (χ0n) is 16.3. The van der Waals surface area contributed by atoms with Crippen LogP contribution >= 0.6 is 0 Å². The second-order valence-electron chi connectivity index (χ2n) is 7.28. The third-order valence-corrected chi connectivity index (χ3v) is 3.91. The van der Waals surface area contributed by atoms with Gasteiger partial charge in [-0.05, 0) is 33.6 Å². The van der Waals surface area contributed by atoms with Crippen molar-refractivity contribution in [3.05, 3.63) is 11.6 Å². The number of aliphatic imine (C=N–C) groups is 1. The van der Waals surface area contributed by atoms with Gasteiger partial charge in [0.1, 0.15) is 11.4 Å². The highest BCUT2D eigenvalue weighted by atomic mass is 16.6. The number of hydrogen-bond acceptors (Lipinski definition) is 5. The first-order chi connectivity index (χ1) is 12.4. The molecule has 0 atom stereocenters. The molecule has 1 aliphatic heterocycles. The van der Waals surface area contributed by atoms with E-state index in [4.69, 9.17) is 4.74 Å². The molecule has 9 heteroatoms. The average molecular weight is 365 g/mol. The lowest BCUT2D eigenvalue weighted by atomic mass is 10.2. The van der Waals surface area contributed by atoms with Crippen LogP contribution in [-0.2, 0) is 24.2 Å². The summed E-state index contributed by atoms with van der Waals surface area (Å²) in [6, 6.07) is 0. The number of aromatic nitrogens is 3. The SMILES string of the molecule is CN=C(NCCNC(=O)OC(C)(C)C)NCc1nnc2n1CCCCC2. The van der Waals surface area contributed by atoms with E-state index in [0.717, 1.165) is 24.6 Å². The lowest BCUT2D eigenvalue weighted by molar-refractivity contribution is 0.0529. The summed E-state index contributed by atoms with van der Waals surface area (Å²) in [7, 11) is 1.71. The molecule has 0 radical (unpaired) electrons. The third kappa shape index (κ3) is 6.53. The van der Waals surface area contributed by atoms with Gasteiger partial charge in [0.15, 0.2) is 11.8 Å². The van der Waals surface area contributed by atoms with Gasteiger partial charge in [-0.25, -0.2) is 4.79 Å². The fourth-order valence-electron chi connectivity index (χ4n) is 2.72. The maximum Gasteiger partial charge on any atom is 0.407 e. The second-order valence-corrected chi connectivity index (χ2v) is 7.28. The zero-order chi connectivity index (χ0) is 19.0. The van der Waals surface area contributed by atoms with Crippen LogP contribution in [0.1, 0.15) is 51.7 Å². The number of hydrogen-bond donors (Lipinski definition) is 3. The maximum atomic E-state index is 11.6. The quantitative estimate of drug-likeness (QED) is 0.411. The Morgan fingerprint density at radius 2 is 1.92 bits per heavy atom. The molecule has 9 nitrogen and oxygen atoms in total. The van der Waals surface area contributed by atoms with E-state index >= 15 is 0 Å². The molecule has 0 bridgehead atoms. The molecule has 2 rings (SSSR count). The second kappa shape index (κ2) is 9.40. The molecule has 0 fully saturated rings. The monoisotopic (exact) mass is 365 g/mol. The van der Waals surface area contributed by atoms with Crippen LogP contribution in [0.2, 0.25) is 0 Å². The van der Waals surface area contributed by atoms with Crippen LogP contribution in [0.4, 0.5) is 4.79 Å². The summed E-state index contributed by atoms with van der Waals surface area (Å²) in [4.78, 5) is 15.8. The Hall–Kier alpha value is -2.32. The largest absolute Gasteiger partial charge is 0.444 e. The van der Waals surface area contributed by atoms with Gasteiger partial charge in [-0.1, -0.05) is 6.42 Å². The number of nitrogens with one attached hydrogen (secondary N) is 3. The predicted octanol–water partition coefficient (Wildman–Crippen LogP) is 1.19. The van der Waals surface area contributed by atoms with Crippen molar-refractivity contribution >= 4 is 12.1 Å². The number of fused-ring (bicyclic) bond motifs is 1. The number of rotatable bonds is 5. The molecule has 1 aromatic rings. The van der Waals surface area contributed by atoms with Gasteiger partial charge in [0.05, 0.1) is 6.54 Å². The molecule has 0 saturated heterocycles. The number of ether oxygens (including phenoxy) is 1. The number of guanidine groups is 1. The van der Waals surface area contributed by atoms with Crippen LogP contribution < -0.4 is 16.0 Å². The van der Waals surface area contributed by atoms with E-state index in [0.29, 0.717) is 25.6 Å². The van der Waals surface area contributed by atoms with Crippen LogP contribution in [0.15, 0.2) is 4.99 Å². The summed E-state index contributed by atoms with van der Waals surface area (Å²) >= 11 is 0. The van der Waals surface area contributed by atoms with Gasteiger partial charge in [-0.2, -0.15) is 0 Å². The van der Waals surface area contributed by atoms with E-state index < -0.39 is 11.7 Å². The topological polar surface area (TPSA) is 105 Å². The van der Waals surface area contributed by atoms with Gasteiger partial charge < -0.3 is 25.3 Å². The molecule has 1 amide bonds. The summed E-state index contributed by atoms with van der Waals surface area (Å²) < 4.78 is 7.39. The highest BCUT2D eigenvalue weighted by Gasteiger charge is 2.16. The molecule has 26 heavy (non-hydrogen) atoms. The highest BCUT2D eigenvalue weighted by molar-refractivity contribution is 5.79. The van der Waals surface area contributed by atoms with Crippen molar-refractivity contribution in [3.63, 3.8) is 0 Å². The Morgan fingerprint density at radius 1 is 1.15 bits per heavy atom. The molecule has 2 heterocycles. The molecule has 0 unspecified atom stereocenters. The minimum Gasteiger partial charge on any atom is -0.444 e. The van der Waals surface area contributed by atoms with Gasteiger partial charge in [0, 0.05) is 33.1 Å². The van der Waals surface area contributed by atoms with Crippen molar-refractivity contribution in [2.24, 2.45) is 4.99 Å². The fraction of sp³-hybridized carbons (Fsp3) is 0.765. The molecule has 3 N–H and O–H groups in total. The van der Waals surface area contributed by atoms with E-state index in [1.54, 1.807) is 7.05 Å². The van der Waals surface area contributed by atoms with Crippen molar-refractivity contribution in [2.45, 2.75) is 65.1 Å². The summed E-state index contributed by atoms with van der Waals surface area (Å²) in [5.74, 6) is 2.66. The van der Waals surface area contributed by atoms with Crippen LogP contribution in [0.5, 0.6) is 0 Å². The van der Waals surface area contributed by atoms with Crippen LogP contribution in [0.3, 0.4) is 0 Å². The standard InChI is InChI=1S/C17H31N7O2/c1-17(2,3)26-16(25)20-10-9-19-15(18-4)21-12-14-23-22-13-8-6-5-7-11-24(13)14/h5-12H2,1-4H3,(H,20,25)(H2,18,19,21). The van der Waals surface area contributed by atoms with Gasteiger partial charge in [0.2, 0.25) is 0 Å². The van der Waals surface area contributed by atoms with Gasteiger partial charge in [-0.3, -0.25) is 4.99 Å². The number of amides is 1. The van der Waals surface area contributed by atoms with Crippen molar-refractivity contribution in [3.8, 4) is 0 Å². The van der Waals surface area contributed by atoms with E-state index in [9.17, 15) is 4.79 Å². The fourth-order valence-corrected chi connectivity index (χ4v) is 2.72. The first kappa shape index (κ1) is 20.0. The number of aryl methyl sites for hydroxylation is 1. The van der Waals surface area contributed by atoms with E-state index in [1.807, 2.05) is 20.8 Å². The van der Waals surface area contributed by atoms with Crippen molar-refractivity contribution in [1.82, 2.24) is 30.7 Å². The van der Waals surface area contributed by atoms with E-state index in [2.05, 4.69) is 35.7 Å². The normalized spacial score (nSPS) is 15.0. The minimum absolute atomic E-state index is 0.423. The first-order valence-corrected chi connectivity index (χ1v) is 9.21. The molecule has 1 aliphatic rings. The molecule has 0 aliphatic carbocycles. The van der Waals surface area contributed by atoms with Crippen LogP contribution in [-0.4, -0.2) is 52.6 Å². The maximum absolute atomic E-state index is 11.6. The molecule has 0 spiro atoms. The first-order valence-electron chi connectivity index (χ1n) is 9.21. The summed E-state index contributed by atoms with van der Waals surface area (Å²) in [6.45, 7) is 8.02. The molecule has 0 aromatic carbocycles. The number of carbonyl (C=O) groups excluding carboxylic acids is 1. The molecule has 0 saturated carbocycles. The molecule has 1 aromatic heterocycles. The van der Waals surface area contributed by atoms with Crippen molar-refractivity contribution < 1.29 is 9.53 Å². The van der Waals surface area contributed by atoms with Gasteiger partial charge in [0.25, 0.3) is 0 Å². The Kier molecular flexibility index (Phi) is 7.23. The zero-order valence-corrected chi connectivity index (χ0v) is 16.3. The van der Waals surface area contributed by atoms with E-state index in [-0.39, 0.29) is 0 Å².